The molecule has 3 heterocycles. The monoisotopic (exact) mass is 553 g/mol. The van der Waals surface area contributed by atoms with Gasteiger partial charge in [-0.25, -0.2) is 18.4 Å². The fraction of sp³-hybridized carbons (Fsp3) is 0.280. The number of nitro groups is 1. The lowest BCUT2D eigenvalue weighted by Gasteiger charge is -2.36. The van der Waals surface area contributed by atoms with E-state index in [0.29, 0.717) is 24.1 Å². The predicted octanol–water partition coefficient (Wildman–Crippen LogP) is 1.82. The van der Waals surface area contributed by atoms with Crippen LogP contribution in [0.2, 0.25) is 0 Å². The maximum Gasteiger partial charge on any atom is 0.294 e. The van der Waals surface area contributed by atoms with Crippen LogP contribution in [0.1, 0.15) is 0 Å². The summed E-state index contributed by atoms with van der Waals surface area (Å²) in [6, 6.07) is 6.87. The van der Waals surface area contributed by atoms with Gasteiger partial charge in [-0.1, -0.05) is 18.2 Å². The number of allylic oxidation sites excluding steroid dienone is 2. The van der Waals surface area contributed by atoms with Crippen LogP contribution in [0.4, 0.5) is 11.4 Å². The van der Waals surface area contributed by atoms with Crippen molar-refractivity contribution in [2.45, 2.75) is 9.83 Å². The molecule has 13 nitrogen and oxygen atoms in total. The molecule has 1 aliphatic heterocycles. The van der Waals surface area contributed by atoms with Crippen molar-refractivity contribution in [1.82, 2.24) is 19.9 Å². The van der Waals surface area contributed by atoms with Crippen molar-refractivity contribution in [2.24, 2.45) is 11.7 Å². The first kappa shape index (κ1) is 26.3. The van der Waals surface area contributed by atoms with E-state index in [9.17, 15) is 23.3 Å². The van der Waals surface area contributed by atoms with Crippen LogP contribution < -0.4 is 15.9 Å². The second-order valence-electron chi connectivity index (χ2n) is 9.38. The summed E-state index contributed by atoms with van der Waals surface area (Å²) in [4.78, 5) is 30.5. The Morgan fingerprint density at radius 1 is 1.23 bits per heavy atom. The van der Waals surface area contributed by atoms with E-state index < -0.39 is 42.1 Å². The molecule has 0 bridgehead atoms. The maximum absolute atomic E-state index is 14.3. The van der Waals surface area contributed by atoms with Gasteiger partial charge in [-0.05, 0) is 37.4 Å². The van der Waals surface area contributed by atoms with Gasteiger partial charge in [0.2, 0.25) is 20.7 Å². The number of H-pyrrole nitrogens is 1. The molecular weight excluding hydrogens is 526 g/mol. The van der Waals surface area contributed by atoms with Gasteiger partial charge in [0, 0.05) is 43.8 Å². The number of aromatic nitrogens is 2. The summed E-state index contributed by atoms with van der Waals surface area (Å²) in [5, 5.41) is 14.5. The van der Waals surface area contributed by atoms with Gasteiger partial charge in [0.25, 0.3) is 5.69 Å². The van der Waals surface area contributed by atoms with Gasteiger partial charge in [0.15, 0.2) is 0 Å². The Morgan fingerprint density at radius 2 is 2.00 bits per heavy atom. The highest BCUT2D eigenvalue weighted by molar-refractivity contribution is 7.93. The van der Waals surface area contributed by atoms with Gasteiger partial charge >= 0.3 is 0 Å². The van der Waals surface area contributed by atoms with E-state index in [1.807, 2.05) is 12.1 Å². The number of fused-ring (bicyclic) bond motifs is 1. The Hall–Kier alpha value is -4.27. The highest BCUT2D eigenvalue weighted by Crippen LogP contribution is 2.41. The molecule has 2 aliphatic rings. The molecule has 39 heavy (non-hydrogen) atoms. The lowest BCUT2D eigenvalue weighted by atomic mass is 9.96. The third-order valence-electron chi connectivity index (χ3n) is 6.81. The van der Waals surface area contributed by atoms with Crippen molar-refractivity contribution < 1.29 is 22.9 Å². The van der Waals surface area contributed by atoms with Crippen LogP contribution in [0.25, 0.3) is 11.0 Å². The number of pyridine rings is 1. The molecule has 0 radical (unpaired) electrons. The molecule has 0 saturated carbocycles. The summed E-state index contributed by atoms with van der Waals surface area (Å²) in [6.45, 7) is 2.79. The fourth-order valence-electron chi connectivity index (χ4n) is 4.66. The zero-order chi connectivity index (χ0) is 27.8. The SMILES string of the molecule is CN1CCN(Nc2ccc(S(=O)(=O)C3(Oc4cnc5[nH]ccc5c4)C=CC=CC3C(N)=O)cc2[N+](=O)[O-])CC1. The van der Waals surface area contributed by atoms with Crippen molar-refractivity contribution >= 4 is 38.2 Å². The van der Waals surface area contributed by atoms with Gasteiger partial charge in [-0.15, -0.1) is 0 Å². The number of anilines is 1. The van der Waals surface area contributed by atoms with Crippen LogP contribution in [-0.2, 0) is 14.6 Å². The molecule has 1 amide bonds. The Morgan fingerprint density at radius 3 is 2.72 bits per heavy atom. The molecule has 4 N–H and O–H groups in total. The van der Waals surface area contributed by atoms with Crippen molar-refractivity contribution in [2.75, 3.05) is 38.7 Å². The summed E-state index contributed by atoms with van der Waals surface area (Å²) < 4.78 is 34.6. The summed E-state index contributed by atoms with van der Waals surface area (Å²) in [7, 11) is -2.63. The smallest absolute Gasteiger partial charge is 0.294 e. The molecule has 1 aromatic carbocycles. The predicted molar refractivity (Wildman–Crippen MR) is 143 cm³/mol. The molecular formula is C25H27N7O6S. The fourth-order valence-corrected chi connectivity index (χ4v) is 6.54. The molecule has 14 heteroatoms. The number of piperazine rings is 1. The van der Waals surface area contributed by atoms with E-state index in [2.05, 4.69) is 20.3 Å². The molecule has 2 unspecified atom stereocenters. The number of sulfone groups is 1. The van der Waals surface area contributed by atoms with Gasteiger partial charge in [0.05, 0.1) is 16.0 Å². The van der Waals surface area contributed by atoms with E-state index in [0.717, 1.165) is 19.2 Å². The maximum atomic E-state index is 14.3. The molecule has 2 atom stereocenters. The minimum Gasteiger partial charge on any atom is -0.464 e. The second-order valence-corrected chi connectivity index (χ2v) is 11.5. The Bertz CT molecular complexity index is 1590. The summed E-state index contributed by atoms with van der Waals surface area (Å²) >= 11 is 0. The van der Waals surface area contributed by atoms with E-state index in [1.54, 1.807) is 18.3 Å². The number of amides is 1. The molecule has 2 aromatic heterocycles. The number of nitrogens with zero attached hydrogens (tertiary/aromatic N) is 4. The van der Waals surface area contributed by atoms with Crippen molar-refractivity contribution in [1.29, 1.82) is 0 Å². The number of nitro benzene ring substituents is 1. The number of benzene rings is 1. The number of hydrazine groups is 1. The lowest BCUT2D eigenvalue weighted by molar-refractivity contribution is -0.384. The van der Waals surface area contributed by atoms with Crippen LogP contribution in [0.15, 0.2) is 71.9 Å². The van der Waals surface area contributed by atoms with Gasteiger partial charge in [-0.2, -0.15) is 0 Å². The Balaban J connectivity index is 1.57. The number of ether oxygens (including phenoxy) is 1. The summed E-state index contributed by atoms with van der Waals surface area (Å²) in [5.41, 5.74) is 8.94. The quantitative estimate of drug-likeness (QED) is 0.275. The molecule has 3 aromatic rings. The number of primary amides is 1. The highest BCUT2D eigenvalue weighted by atomic mass is 32.2. The average molecular weight is 554 g/mol. The van der Waals surface area contributed by atoms with E-state index in [4.69, 9.17) is 10.5 Å². The minimum absolute atomic E-state index is 0.0692. The number of likely N-dealkylation sites (N-methyl/N-ethyl adjacent to an activating group) is 1. The van der Waals surface area contributed by atoms with E-state index >= 15 is 0 Å². The second kappa shape index (κ2) is 10.1. The van der Waals surface area contributed by atoms with Crippen LogP contribution in [0.5, 0.6) is 5.75 Å². The van der Waals surface area contributed by atoms with Crippen molar-refractivity contribution in [3.8, 4) is 5.75 Å². The number of hydrogen-bond donors (Lipinski definition) is 3. The third-order valence-corrected chi connectivity index (χ3v) is 9.00. The van der Waals surface area contributed by atoms with E-state index in [-0.39, 0.29) is 11.4 Å². The molecule has 1 saturated heterocycles. The number of carbonyl (C=O) groups is 1. The van der Waals surface area contributed by atoms with Crippen molar-refractivity contribution in [3.05, 3.63) is 77.1 Å². The third kappa shape index (κ3) is 4.84. The lowest BCUT2D eigenvalue weighted by Crippen LogP contribution is -2.54. The number of carbonyl (C=O) groups excluding carboxylic acids is 1. The zero-order valence-electron chi connectivity index (χ0n) is 21.0. The largest absolute Gasteiger partial charge is 0.464 e. The summed E-state index contributed by atoms with van der Waals surface area (Å²) in [5.74, 6) is -2.31. The Kier molecular flexibility index (Phi) is 6.84. The first-order chi connectivity index (χ1) is 18.6. The van der Waals surface area contributed by atoms with Crippen LogP contribution in [-0.4, -0.2) is 77.3 Å². The van der Waals surface area contributed by atoms with Crippen LogP contribution in [0, 0.1) is 16.0 Å². The van der Waals surface area contributed by atoms with Gasteiger partial charge in [0.1, 0.15) is 23.0 Å². The first-order valence-corrected chi connectivity index (χ1v) is 13.6. The molecule has 1 fully saturated rings. The number of aromatic amines is 1. The molecule has 0 spiro atoms. The van der Waals surface area contributed by atoms with Gasteiger partial charge < -0.3 is 25.8 Å². The van der Waals surface area contributed by atoms with E-state index in [1.165, 1.54) is 42.6 Å². The van der Waals surface area contributed by atoms with Crippen LogP contribution >= 0.6 is 0 Å². The average Bonchev–Trinajstić information content (AvgIpc) is 3.38. The van der Waals surface area contributed by atoms with Crippen LogP contribution in [0.3, 0.4) is 0 Å². The number of nitrogens with one attached hydrogen (secondary N) is 2. The standard InChI is InChI=1S/C25H27N7O6S/c1-30-10-12-31(13-11-30)29-21-6-5-19(15-22(21)32(34)35)39(36,37)25(8-3-2-4-20(25)23(26)33)38-18-14-17-7-9-27-24(17)28-16-18/h2-9,14-16,20,29H,10-13H2,1H3,(H2,26,33)(H,27,28). The summed E-state index contributed by atoms with van der Waals surface area (Å²) in [6.07, 6.45) is 8.47. The molecule has 1 aliphatic carbocycles. The van der Waals surface area contributed by atoms with Crippen molar-refractivity contribution in [3.63, 3.8) is 0 Å². The first-order valence-electron chi connectivity index (χ1n) is 12.1. The zero-order valence-corrected chi connectivity index (χ0v) is 21.8. The highest BCUT2D eigenvalue weighted by Gasteiger charge is 2.54. The van der Waals surface area contributed by atoms with Gasteiger partial charge in [-0.3, -0.25) is 14.9 Å². The number of hydrogen-bond acceptors (Lipinski definition) is 10. The molecule has 204 valence electrons. The normalized spacial score (nSPS) is 22.1. The topological polar surface area (TPSA) is 177 Å². The number of rotatable bonds is 8. The Labute approximate surface area is 224 Å². The minimum atomic E-state index is -4.62. The number of nitrogens with two attached hydrogens (primary N) is 1. The molecule has 5 rings (SSSR count).